The predicted octanol–water partition coefficient (Wildman–Crippen LogP) is 1.61. The zero-order valence-corrected chi connectivity index (χ0v) is 19.9. The second-order valence-corrected chi connectivity index (χ2v) is 8.57. The summed E-state index contributed by atoms with van der Waals surface area (Å²) >= 11 is 4.56. The first-order chi connectivity index (χ1) is 17.6. The zero-order chi connectivity index (χ0) is 26.8. The highest BCUT2D eigenvalue weighted by molar-refractivity contribution is 7.78. The Bertz CT molecular complexity index is 1380. The summed E-state index contributed by atoms with van der Waals surface area (Å²) in [6.07, 6.45) is -4.72. The summed E-state index contributed by atoms with van der Waals surface area (Å²) < 4.78 is 5.36. The smallest absolute Gasteiger partial charge is 0.317 e. The van der Waals surface area contributed by atoms with E-state index in [2.05, 4.69) is 17.2 Å². The van der Waals surface area contributed by atoms with Gasteiger partial charge in [-0.15, -0.1) is 0 Å². The molecule has 5 atom stereocenters. The number of isothiocyanates is 1. The molecule has 3 aromatic rings. The van der Waals surface area contributed by atoms with Crippen molar-refractivity contribution in [2.75, 3.05) is 0 Å². The van der Waals surface area contributed by atoms with Crippen LogP contribution in [0.2, 0.25) is 0 Å². The van der Waals surface area contributed by atoms with Crippen molar-refractivity contribution in [3.8, 4) is 0 Å². The van der Waals surface area contributed by atoms with Crippen molar-refractivity contribution >= 4 is 34.7 Å². The number of aliphatic hydroxyl groups excluding tert-OH is 1. The molecular weight excluding hydrogens is 498 g/mol. The van der Waals surface area contributed by atoms with Gasteiger partial charge in [-0.1, -0.05) is 91.0 Å². The number of aliphatic imine (C=N–C) groups is 1. The average Bonchev–Trinajstić information content (AvgIpc) is 3.12. The van der Waals surface area contributed by atoms with Gasteiger partial charge in [0.05, 0.1) is 5.16 Å². The first-order valence-electron chi connectivity index (χ1n) is 11.0. The van der Waals surface area contributed by atoms with E-state index in [9.17, 15) is 34.8 Å². The first-order valence-corrected chi connectivity index (χ1v) is 11.4. The van der Waals surface area contributed by atoms with Crippen molar-refractivity contribution in [1.29, 1.82) is 0 Å². The molecule has 0 saturated carbocycles. The molecule has 4 N–H and O–H groups in total. The molecule has 1 unspecified atom stereocenters. The number of carbonyl (C=O) groups excluding carboxylic acids is 3. The monoisotopic (exact) mass is 519 g/mol. The van der Waals surface area contributed by atoms with Gasteiger partial charge in [0.25, 0.3) is 0 Å². The summed E-state index contributed by atoms with van der Waals surface area (Å²) in [4.78, 5) is 44.1. The average molecular weight is 520 g/mol. The van der Waals surface area contributed by atoms with Crippen LogP contribution in [0.5, 0.6) is 0 Å². The van der Waals surface area contributed by atoms with Gasteiger partial charge in [0.2, 0.25) is 22.8 Å². The number of rotatable bonds is 8. The highest BCUT2D eigenvalue weighted by Crippen LogP contribution is 2.51. The topological polar surface area (TPSA) is 154 Å². The van der Waals surface area contributed by atoms with E-state index < -0.39 is 46.7 Å². The molecule has 3 aromatic carbocycles. The van der Waals surface area contributed by atoms with Crippen molar-refractivity contribution in [3.63, 3.8) is 0 Å². The number of ketones is 3. The largest absolute Gasteiger partial charge is 0.382 e. The molecule has 37 heavy (non-hydrogen) atoms. The lowest BCUT2D eigenvalue weighted by molar-refractivity contribution is -0.248. The summed E-state index contributed by atoms with van der Waals surface area (Å²) in [6, 6.07) is 21.4. The van der Waals surface area contributed by atoms with Crippen molar-refractivity contribution in [1.82, 2.24) is 0 Å². The Labute approximate surface area is 216 Å². The van der Waals surface area contributed by atoms with Gasteiger partial charge in [-0.2, -0.15) is 4.99 Å². The van der Waals surface area contributed by atoms with E-state index in [1.807, 2.05) is 0 Å². The Morgan fingerprint density at radius 1 is 0.784 bits per heavy atom. The molecule has 0 bridgehead atoms. The number of thiocarbonyl (C=S) groups is 1. The Morgan fingerprint density at radius 2 is 1.22 bits per heavy atom. The standard InChI is InChI=1S/C27H21NO8S/c29-20(17-10-4-1-5-11-17)21(30)24-25(33,22(31)18-12-6-2-7-13-18)26(34,27(35,36-24)28-16-37)23(32)19-14-8-3-9-15-19/h1-15,21,24,30,33-35H/t21?,24-,25-,26-,27+/m1/s1. The van der Waals surface area contributed by atoms with Gasteiger partial charge in [0.1, 0.15) is 12.2 Å². The lowest BCUT2D eigenvalue weighted by atomic mass is 9.69. The second kappa shape index (κ2) is 9.97. The minimum Gasteiger partial charge on any atom is -0.382 e. The van der Waals surface area contributed by atoms with Crippen LogP contribution in [0.15, 0.2) is 96.0 Å². The van der Waals surface area contributed by atoms with E-state index >= 15 is 0 Å². The molecule has 0 radical (unpaired) electrons. The SMILES string of the molecule is O=C(c1ccccc1)C(O)[C@H]1O[C@](O)(N=C=S)[C@@](O)(C(=O)c2ccccc2)[C@@]1(O)C(=O)c1ccccc1. The summed E-state index contributed by atoms with van der Waals surface area (Å²) in [5, 5.41) is 48.1. The molecule has 1 fully saturated rings. The lowest BCUT2D eigenvalue weighted by Gasteiger charge is -2.39. The molecule has 0 amide bonds. The van der Waals surface area contributed by atoms with Crippen LogP contribution in [-0.2, 0) is 4.74 Å². The Hall–Kier alpha value is -3.73. The van der Waals surface area contributed by atoms with E-state index in [1.54, 1.807) is 23.4 Å². The van der Waals surface area contributed by atoms with Crippen LogP contribution < -0.4 is 0 Å². The number of Topliss-reactive ketones (excluding diaryl/α,β-unsaturated/α-hetero) is 3. The number of hydrogen-bond donors (Lipinski definition) is 4. The quantitative estimate of drug-likeness (QED) is 0.197. The summed E-state index contributed by atoms with van der Waals surface area (Å²) in [5.41, 5.74) is -7.50. The second-order valence-electron chi connectivity index (χ2n) is 8.39. The Morgan fingerprint density at radius 3 is 1.68 bits per heavy atom. The summed E-state index contributed by atoms with van der Waals surface area (Å²) in [5.74, 6) is -7.13. The summed E-state index contributed by atoms with van der Waals surface area (Å²) in [7, 11) is 0. The molecule has 1 aliphatic rings. The molecule has 1 aliphatic heterocycles. The Balaban J connectivity index is 1.97. The maximum atomic E-state index is 13.8. The van der Waals surface area contributed by atoms with Gasteiger partial charge in [-0.05, 0) is 12.2 Å². The maximum Gasteiger partial charge on any atom is 0.317 e. The molecule has 1 saturated heterocycles. The summed E-state index contributed by atoms with van der Waals surface area (Å²) in [6.45, 7) is 0. The first kappa shape index (κ1) is 26.3. The number of benzene rings is 3. The number of hydrogen-bond acceptors (Lipinski definition) is 10. The van der Waals surface area contributed by atoms with Gasteiger partial charge < -0.3 is 25.2 Å². The van der Waals surface area contributed by atoms with E-state index in [4.69, 9.17) is 4.74 Å². The third-order valence-corrected chi connectivity index (χ3v) is 6.37. The molecular formula is C27H21NO8S. The van der Waals surface area contributed by atoms with E-state index in [0.717, 1.165) is 0 Å². The lowest BCUT2D eigenvalue weighted by Crippen LogP contribution is -2.72. The van der Waals surface area contributed by atoms with Gasteiger partial charge in [-0.3, -0.25) is 14.4 Å². The van der Waals surface area contributed by atoms with E-state index in [-0.39, 0.29) is 16.7 Å². The molecule has 188 valence electrons. The van der Waals surface area contributed by atoms with Crippen LogP contribution in [-0.4, -0.2) is 72.3 Å². The number of ether oxygens (including phenoxy) is 1. The highest BCUT2D eigenvalue weighted by Gasteiger charge is 2.81. The molecule has 0 aliphatic carbocycles. The van der Waals surface area contributed by atoms with Gasteiger partial charge in [0.15, 0.2) is 5.78 Å². The van der Waals surface area contributed by atoms with Crippen LogP contribution >= 0.6 is 12.2 Å². The fourth-order valence-electron chi connectivity index (χ4n) is 4.40. The number of nitrogens with zero attached hydrogens (tertiary/aromatic N) is 1. The van der Waals surface area contributed by atoms with Crippen molar-refractivity contribution in [3.05, 3.63) is 108 Å². The third-order valence-electron chi connectivity index (χ3n) is 6.28. The number of carbonyl (C=O) groups is 3. The molecule has 0 aromatic heterocycles. The van der Waals surface area contributed by atoms with E-state index in [0.29, 0.717) is 0 Å². The van der Waals surface area contributed by atoms with E-state index in [1.165, 1.54) is 72.8 Å². The zero-order valence-electron chi connectivity index (χ0n) is 19.1. The fourth-order valence-corrected chi connectivity index (χ4v) is 4.52. The predicted molar refractivity (Wildman–Crippen MR) is 133 cm³/mol. The minimum absolute atomic E-state index is 0.0280. The van der Waals surface area contributed by atoms with Gasteiger partial charge in [-0.25, -0.2) is 0 Å². The van der Waals surface area contributed by atoms with Crippen LogP contribution in [0.4, 0.5) is 0 Å². The highest BCUT2D eigenvalue weighted by atomic mass is 32.1. The van der Waals surface area contributed by atoms with Crippen LogP contribution in [0, 0.1) is 0 Å². The third kappa shape index (κ3) is 4.07. The fraction of sp³-hybridized carbons (Fsp3) is 0.185. The van der Waals surface area contributed by atoms with Crippen molar-refractivity contribution < 1.29 is 39.5 Å². The van der Waals surface area contributed by atoms with Crippen LogP contribution in [0.25, 0.3) is 0 Å². The Kier molecular flexibility index (Phi) is 7.09. The maximum absolute atomic E-state index is 13.8. The normalized spacial score (nSPS) is 27.6. The molecule has 10 heteroatoms. The van der Waals surface area contributed by atoms with Crippen LogP contribution in [0.1, 0.15) is 31.1 Å². The van der Waals surface area contributed by atoms with Gasteiger partial charge in [0, 0.05) is 16.7 Å². The molecule has 1 heterocycles. The minimum atomic E-state index is -3.58. The van der Waals surface area contributed by atoms with Crippen molar-refractivity contribution in [2.24, 2.45) is 4.99 Å². The molecule has 4 rings (SSSR count). The molecule has 9 nitrogen and oxygen atoms in total. The molecule has 0 spiro atoms. The van der Waals surface area contributed by atoms with Gasteiger partial charge >= 0.3 is 5.91 Å². The van der Waals surface area contributed by atoms with Crippen molar-refractivity contribution in [2.45, 2.75) is 29.3 Å². The van der Waals surface area contributed by atoms with Crippen LogP contribution in [0.3, 0.4) is 0 Å². The number of aliphatic hydroxyl groups is 4.